The third-order valence-electron chi connectivity index (χ3n) is 32.0. The third-order valence-corrected chi connectivity index (χ3v) is 32.0. The average molecular weight is 2070 g/mol. The van der Waals surface area contributed by atoms with Crippen LogP contribution in [0.25, 0.3) is 0 Å². The zero-order valence-corrected chi connectivity index (χ0v) is 90.9. The van der Waals surface area contributed by atoms with Gasteiger partial charge in [-0.1, -0.05) is 76.2 Å². The summed E-state index contributed by atoms with van der Waals surface area (Å²) in [6.07, 6.45) is 15.6. The lowest BCUT2D eigenvalue weighted by molar-refractivity contribution is -0.143. The van der Waals surface area contributed by atoms with Gasteiger partial charge in [-0.05, 0) is 330 Å². The summed E-state index contributed by atoms with van der Waals surface area (Å²) in [5.41, 5.74) is 11.9. The summed E-state index contributed by atoms with van der Waals surface area (Å²) in [4.78, 5) is 148. The Morgan fingerprint density at radius 2 is 0.360 bits per heavy atom. The number of benzene rings is 8. The molecule has 0 heterocycles. The van der Waals surface area contributed by atoms with Gasteiger partial charge in [0.05, 0.1) is 108 Å². The van der Waals surface area contributed by atoms with E-state index < -0.39 is 69.4 Å². The maximum absolute atomic E-state index is 12.8. The van der Waals surface area contributed by atoms with Gasteiger partial charge in [-0.3, -0.25) is 19.2 Å². The Bertz CT molecular complexity index is 5560. The van der Waals surface area contributed by atoms with E-state index in [2.05, 4.69) is 52.0 Å². The fourth-order valence-electron chi connectivity index (χ4n) is 23.4. The predicted octanol–water partition coefficient (Wildman–Crippen LogP) is 18.9. The zero-order valence-electron chi connectivity index (χ0n) is 90.9. The van der Waals surface area contributed by atoms with E-state index in [0.717, 1.165) is 169 Å². The molecule has 4 aliphatic carbocycles. The molecule has 0 spiro atoms. The van der Waals surface area contributed by atoms with Crippen LogP contribution in [0.4, 0.5) is 0 Å². The van der Waals surface area contributed by atoms with Gasteiger partial charge in [0.1, 0.15) is 23.0 Å². The summed E-state index contributed by atoms with van der Waals surface area (Å²) in [6.45, 7) is 22.1. The maximum atomic E-state index is 12.8. The van der Waals surface area contributed by atoms with Crippen LogP contribution < -0.4 is 56.8 Å². The van der Waals surface area contributed by atoms with E-state index in [1.807, 2.05) is 128 Å². The summed E-state index contributed by atoms with van der Waals surface area (Å²) in [6, 6.07) is 31.8. The van der Waals surface area contributed by atoms with E-state index in [1.54, 1.807) is 28.4 Å². The van der Waals surface area contributed by atoms with Crippen molar-refractivity contribution in [1.82, 2.24) is 0 Å². The van der Waals surface area contributed by atoms with Crippen molar-refractivity contribution >= 4 is 72.9 Å². The largest absolute Gasteiger partial charge is 0.493 e. The summed E-state index contributed by atoms with van der Waals surface area (Å²) in [7, 11) is 16.6. The molecule has 0 amide bonds. The molecule has 150 heavy (non-hydrogen) atoms. The highest BCUT2D eigenvalue weighted by atomic mass is 16.6. The molecule has 0 atom stereocenters. The Labute approximate surface area is 878 Å². The van der Waals surface area contributed by atoms with Crippen molar-refractivity contribution in [1.29, 1.82) is 0 Å². The molecule has 12 rings (SSSR count). The molecule has 4 fully saturated rings. The molecule has 32 heteroatoms. The number of hydrogen-bond donors (Lipinski definition) is 0. The zero-order chi connectivity index (χ0) is 110. The number of methoxy groups -OCH3 is 12. The fourth-order valence-corrected chi connectivity index (χ4v) is 23.4. The lowest BCUT2D eigenvalue weighted by Crippen LogP contribution is -2.43. The molecule has 0 aromatic heterocycles. The second-order valence-corrected chi connectivity index (χ2v) is 40.6. The molecular weight excluding hydrogens is 1930 g/mol. The predicted molar refractivity (Wildman–Crippen MR) is 556 cm³/mol. The van der Waals surface area contributed by atoms with E-state index in [0.29, 0.717) is 151 Å². The number of rotatable bonds is 44. The van der Waals surface area contributed by atoms with Crippen molar-refractivity contribution in [3.8, 4) is 69.0 Å². The highest BCUT2D eigenvalue weighted by Crippen LogP contribution is 2.63. The number of aldehydes is 4. The molecule has 0 unspecified atom stereocenters. The molecule has 0 bridgehead atoms. The van der Waals surface area contributed by atoms with Crippen LogP contribution in [0.2, 0.25) is 0 Å². The first-order chi connectivity index (χ1) is 71.6. The van der Waals surface area contributed by atoms with Crippen molar-refractivity contribution in [3.63, 3.8) is 0 Å². The van der Waals surface area contributed by atoms with Gasteiger partial charge in [-0.2, -0.15) is 0 Å². The lowest BCUT2D eigenvalue weighted by Gasteiger charge is -2.52. The average Bonchev–Trinajstić information content (AvgIpc) is 0.738. The minimum atomic E-state index is -0.658. The van der Waals surface area contributed by atoms with E-state index in [-0.39, 0.29) is 75.5 Å². The second kappa shape index (κ2) is 50.9. The van der Waals surface area contributed by atoms with Gasteiger partial charge in [0, 0.05) is 21.7 Å². The van der Waals surface area contributed by atoms with Gasteiger partial charge < -0.3 is 94.7 Å². The molecule has 0 N–H and O–H groups in total. The van der Waals surface area contributed by atoms with Gasteiger partial charge in [-0.15, -0.1) is 0 Å². The molecule has 808 valence electrons. The van der Waals surface area contributed by atoms with Crippen LogP contribution in [-0.2, 0) is 97.9 Å². The van der Waals surface area contributed by atoms with Gasteiger partial charge in [0.15, 0.2) is 124 Å². The Morgan fingerprint density at radius 3 is 0.493 bits per heavy atom. The van der Waals surface area contributed by atoms with Crippen molar-refractivity contribution in [2.75, 3.05) is 138 Å². The molecule has 0 aliphatic heterocycles. The third kappa shape index (κ3) is 25.2. The molecule has 0 saturated heterocycles. The van der Waals surface area contributed by atoms with Crippen molar-refractivity contribution < 1.29 is 152 Å². The normalized spacial score (nSPS) is 15.4. The Morgan fingerprint density at radius 1 is 0.227 bits per heavy atom. The van der Waals surface area contributed by atoms with E-state index in [1.165, 1.54) is 56.9 Å². The summed E-state index contributed by atoms with van der Waals surface area (Å²) < 4.78 is 110. The number of aryl methyl sites for hydroxylation is 8. The Hall–Kier alpha value is -14.2. The van der Waals surface area contributed by atoms with Crippen LogP contribution in [0, 0.1) is 89.9 Å². The monoisotopic (exact) mass is 2070 g/mol. The second-order valence-electron chi connectivity index (χ2n) is 40.6. The van der Waals surface area contributed by atoms with Crippen LogP contribution in [0.3, 0.4) is 0 Å². The highest BCUT2D eigenvalue weighted by molar-refractivity contribution is 5.86. The number of carbonyl (C=O) groups is 12. The van der Waals surface area contributed by atoms with Crippen LogP contribution >= 0.6 is 0 Å². The summed E-state index contributed by atoms with van der Waals surface area (Å²) in [5.74, 6) is 1.73. The molecule has 32 nitrogen and oxygen atoms in total. The highest BCUT2D eigenvalue weighted by Gasteiger charge is 2.53. The molecule has 0 radical (unpaired) electrons. The number of carbonyl (C=O) groups excluding carboxylic acids is 12. The topological polar surface area (TPSA) is 389 Å². The first-order valence-electron chi connectivity index (χ1n) is 50.3. The lowest BCUT2D eigenvalue weighted by atomic mass is 9.53. The molecule has 8 aromatic carbocycles. The Kier molecular flexibility index (Phi) is 39.4. The minimum Gasteiger partial charge on any atom is -0.493 e. The number of ether oxygens (including phenoxy) is 20. The standard InChI is InChI=1S/2C59H72O16/c2*1-35-21-43(25-39(29-60)53(35)72-31-49(62)68-9)58(44-22-36(2)54(40(26-44)30-61)73-32-50(63)69-10)17-13-41(14-18-58)57(5,6)42-15-19-59(20-16-42,45-23-37(3)55(47(27-45)66-7)74-33-51(64)70-11)46-24-38(4)56(48(28-46)67-8)75-34-52(65)71-12/h2*21-30,41-42H,13-20,31-34H2,1-12H3. The number of hydrogen-bond acceptors (Lipinski definition) is 32. The fraction of sp³-hybridized carbons (Fsp3) is 0.492. The first-order valence-corrected chi connectivity index (χ1v) is 50.3. The smallest absolute Gasteiger partial charge is 0.343 e. The van der Waals surface area contributed by atoms with Gasteiger partial charge in [0.25, 0.3) is 0 Å². The quantitative estimate of drug-likeness (QED) is 0.0194. The van der Waals surface area contributed by atoms with Crippen LogP contribution in [-0.4, -0.2) is 211 Å². The maximum Gasteiger partial charge on any atom is 0.343 e. The van der Waals surface area contributed by atoms with Gasteiger partial charge in [-0.25, -0.2) is 38.4 Å². The number of esters is 8. The summed E-state index contributed by atoms with van der Waals surface area (Å²) in [5, 5.41) is 0. The van der Waals surface area contributed by atoms with Crippen LogP contribution in [0.5, 0.6) is 69.0 Å². The van der Waals surface area contributed by atoms with Crippen molar-refractivity contribution in [3.05, 3.63) is 208 Å². The first kappa shape index (κ1) is 116. The Balaban J connectivity index is 0.000000284. The van der Waals surface area contributed by atoms with Gasteiger partial charge in [0.2, 0.25) is 0 Å². The van der Waals surface area contributed by atoms with E-state index in [9.17, 15) is 57.5 Å². The summed E-state index contributed by atoms with van der Waals surface area (Å²) >= 11 is 0. The van der Waals surface area contributed by atoms with Crippen LogP contribution in [0.15, 0.2) is 97.1 Å². The molecule has 8 aromatic rings. The van der Waals surface area contributed by atoms with E-state index >= 15 is 0 Å². The molecule has 4 saturated carbocycles. The van der Waals surface area contributed by atoms with Crippen molar-refractivity contribution in [2.24, 2.45) is 34.5 Å². The SMILES string of the molecule is COC(=O)COc1c(C)cc(C2(c3cc(C)c(OCC(=O)OC)c(C=O)c3)CCC(C(C)(C)C3CCC(c4cc(C)c(OCC(=O)OC)c(OC)c4)(c4cc(C)c(OCC(=O)OC)c(OC)c4)CC3)CC2)cc1C=O.COC(=O)COc1c(C)cc(C2(c3cc(C)c(OCC(=O)OC)c(C=O)c3)CCC(C(C)(C)C3CCC(c4cc(C)c(OCC(=O)OC)c(OC)c4)(c4cc(C)c(OCC(=O)OC)c(OC)c4)CC3)CC2)cc1C=O. The van der Waals surface area contributed by atoms with E-state index in [4.69, 9.17) is 94.7 Å². The molecule has 4 aliphatic rings. The van der Waals surface area contributed by atoms with Gasteiger partial charge >= 0.3 is 47.8 Å². The van der Waals surface area contributed by atoms with Crippen LogP contribution in [0.1, 0.15) is 261 Å². The van der Waals surface area contributed by atoms with Crippen molar-refractivity contribution in [2.45, 2.75) is 207 Å². The minimum absolute atomic E-state index is 0.137. The molecular formula is C118H144O32.